The highest BCUT2D eigenvalue weighted by Crippen LogP contribution is 2.26. The number of para-hydroxylation sites is 2. The van der Waals surface area contributed by atoms with Crippen LogP contribution in [0.25, 0.3) is 0 Å². The molecule has 1 rings (SSSR count). The van der Waals surface area contributed by atoms with Crippen LogP contribution in [0.4, 0.5) is 5.69 Å². The largest absolute Gasteiger partial charge is 0.483 e. The molecule has 0 fully saturated rings. The van der Waals surface area contributed by atoms with E-state index in [0.717, 1.165) is 0 Å². The maximum Gasteiger partial charge on any atom is 0.256 e. The van der Waals surface area contributed by atoms with Gasteiger partial charge < -0.3 is 25.7 Å². The van der Waals surface area contributed by atoms with E-state index in [9.17, 15) is 4.79 Å². The van der Waals surface area contributed by atoms with Crippen LogP contribution >= 0.6 is 0 Å². The molecule has 0 saturated carbocycles. The number of rotatable bonds is 7. The van der Waals surface area contributed by atoms with Gasteiger partial charge in [0.1, 0.15) is 18.0 Å². The van der Waals surface area contributed by atoms with Gasteiger partial charge in [-0.25, -0.2) is 0 Å². The number of methoxy groups -OCH3 is 1. The molecule has 7 heteroatoms. The molecule has 0 aliphatic heterocycles. The number of amides is 1. The summed E-state index contributed by atoms with van der Waals surface area (Å²) < 4.78 is 10.7. The molecule has 1 aromatic rings. The highest BCUT2D eigenvalue weighted by Gasteiger charge is 2.31. The number of benzene rings is 1. The number of anilines is 1. The molecule has 0 radical (unpaired) electrons. The second-order valence-electron chi connectivity index (χ2n) is 4.62. The first-order chi connectivity index (χ1) is 9.96. The Labute approximate surface area is 123 Å². The van der Waals surface area contributed by atoms with Gasteiger partial charge in [0.15, 0.2) is 5.84 Å². The lowest BCUT2D eigenvalue weighted by atomic mass is 10.0. The summed E-state index contributed by atoms with van der Waals surface area (Å²) >= 11 is 0. The molecule has 0 aromatic heterocycles. The number of nitrogens with one attached hydrogen (secondary N) is 1. The van der Waals surface area contributed by atoms with Crippen LogP contribution in [-0.4, -0.2) is 36.3 Å². The Bertz CT molecular complexity index is 513. The number of carbonyl (C=O) groups is 1. The van der Waals surface area contributed by atoms with Crippen molar-refractivity contribution in [2.75, 3.05) is 19.0 Å². The molecule has 1 unspecified atom stereocenters. The second-order valence-corrected chi connectivity index (χ2v) is 4.62. The first-order valence-corrected chi connectivity index (χ1v) is 6.51. The zero-order valence-corrected chi connectivity index (χ0v) is 12.4. The van der Waals surface area contributed by atoms with Crippen molar-refractivity contribution < 1.29 is 19.5 Å². The number of carbonyl (C=O) groups excluding carboxylic acids is 1. The SMILES string of the molecule is CCC(C)(OC)C(=O)Nc1ccccc1OC/C(N)=N/O. The molecular weight excluding hydrogens is 274 g/mol. The van der Waals surface area contributed by atoms with Crippen molar-refractivity contribution >= 4 is 17.4 Å². The Balaban J connectivity index is 2.86. The van der Waals surface area contributed by atoms with Crippen molar-refractivity contribution in [3.05, 3.63) is 24.3 Å². The highest BCUT2D eigenvalue weighted by atomic mass is 16.5. The van der Waals surface area contributed by atoms with E-state index in [4.69, 9.17) is 20.4 Å². The molecular formula is C14H21N3O4. The Hall–Kier alpha value is -2.28. The van der Waals surface area contributed by atoms with Crippen LogP contribution in [0.3, 0.4) is 0 Å². The summed E-state index contributed by atoms with van der Waals surface area (Å²) in [5, 5.41) is 14.1. The van der Waals surface area contributed by atoms with Crippen molar-refractivity contribution in [3.8, 4) is 5.75 Å². The normalized spacial score (nSPS) is 14.3. The lowest BCUT2D eigenvalue weighted by Crippen LogP contribution is -2.41. The van der Waals surface area contributed by atoms with E-state index in [-0.39, 0.29) is 18.3 Å². The minimum absolute atomic E-state index is 0.0635. The van der Waals surface area contributed by atoms with Crippen molar-refractivity contribution in [3.63, 3.8) is 0 Å². The predicted octanol–water partition coefficient (Wildman–Crippen LogP) is 1.57. The maximum atomic E-state index is 12.3. The van der Waals surface area contributed by atoms with Gasteiger partial charge in [-0.2, -0.15) is 0 Å². The van der Waals surface area contributed by atoms with Crippen molar-refractivity contribution in [2.45, 2.75) is 25.9 Å². The second kappa shape index (κ2) is 7.49. The molecule has 1 aromatic carbocycles. The van der Waals surface area contributed by atoms with Crippen LogP contribution in [0.2, 0.25) is 0 Å². The van der Waals surface area contributed by atoms with Crippen LogP contribution in [0.15, 0.2) is 29.4 Å². The molecule has 4 N–H and O–H groups in total. The van der Waals surface area contributed by atoms with Crippen LogP contribution in [-0.2, 0) is 9.53 Å². The van der Waals surface area contributed by atoms with E-state index in [1.54, 1.807) is 31.2 Å². The van der Waals surface area contributed by atoms with Crippen molar-refractivity contribution in [1.29, 1.82) is 0 Å². The average molecular weight is 295 g/mol. The number of oxime groups is 1. The van der Waals surface area contributed by atoms with Crippen LogP contribution in [0.5, 0.6) is 5.75 Å². The number of hydrogen-bond donors (Lipinski definition) is 3. The summed E-state index contributed by atoms with van der Waals surface area (Å²) in [6.07, 6.45) is 0.530. The van der Waals surface area contributed by atoms with E-state index >= 15 is 0 Å². The quantitative estimate of drug-likeness (QED) is 0.306. The smallest absolute Gasteiger partial charge is 0.256 e. The molecule has 21 heavy (non-hydrogen) atoms. The predicted molar refractivity (Wildman–Crippen MR) is 79.7 cm³/mol. The number of ether oxygens (including phenoxy) is 2. The molecule has 0 bridgehead atoms. The van der Waals surface area contributed by atoms with Gasteiger partial charge in [-0.15, -0.1) is 0 Å². The fraction of sp³-hybridized carbons (Fsp3) is 0.429. The third-order valence-corrected chi connectivity index (χ3v) is 3.24. The standard InChI is InChI=1S/C14H21N3O4/c1-4-14(2,20-3)13(18)16-10-7-5-6-8-11(10)21-9-12(15)17-19/h5-8,19H,4,9H2,1-3H3,(H2,15,17)(H,16,18). The molecule has 0 spiro atoms. The van der Waals surface area contributed by atoms with Gasteiger partial charge in [0.05, 0.1) is 5.69 Å². The summed E-state index contributed by atoms with van der Waals surface area (Å²) in [5.74, 6) is 0.0887. The molecule has 0 aliphatic rings. The summed E-state index contributed by atoms with van der Waals surface area (Å²) in [7, 11) is 1.49. The Kier molecular flexibility index (Phi) is 5.98. The molecule has 1 amide bonds. The summed E-state index contributed by atoms with van der Waals surface area (Å²) in [6, 6.07) is 6.90. The van der Waals surface area contributed by atoms with Gasteiger partial charge in [0.2, 0.25) is 0 Å². The molecule has 116 valence electrons. The monoisotopic (exact) mass is 295 g/mol. The Morgan fingerprint density at radius 2 is 2.14 bits per heavy atom. The van der Waals surface area contributed by atoms with Gasteiger partial charge >= 0.3 is 0 Å². The zero-order valence-electron chi connectivity index (χ0n) is 12.4. The summed E-state index contributed by atoms with van der Waals surface area (Å²) in [6.45, 7) is 3.49. The van der Waals surface area contributed by atoms with Crippen LogP contribution < -0.4 is 15.8 Å². The minimum Gasteiger partial charge on any atom is -0.483 e. The topological polar surface area (TPSA) is 106 Å². The van der Waals surface area contributed by atoms with E-state index in [0.29, 0.717) is 17.9 Å². The van der Waals surface area contributed by atoms with Crippen molar-refractivity contribution in [2.24, 2.45) is 10.9 Å². The zero-order chi connectivity index (χ0) is 15.9. The molecule has 7 nitrogen and oxygen atoms in total. The Morgan fingerprint density at radius 1 is 1.48 bits per heavy atom. The first kappa shape index (κ1) is 16.8. The van der Waals surface area contributed by atoms with E-state index in [2.05, 4.69) is 10.5 Å². The van der Waals surface area contributed by atoms with Gasteiger partial charge in [-0.3, -0.25) is 4.79 Å². The van der Waals surface area contributed by atoms with E-state index in [1.807, 2.05) is 6.92 Å². The van der Waals surface area contributed by atoms with Gasteiger partial charge in [-0.05, 0) is 25.5 Å². The van der Waals surface area contributed by atoms with Crippen LogP contribution in [0.1, 0.15) is 20.3 Å². The first-order valence-electron chi connectivity index (χ1n) is 6.51. The summed E-state index contributed by atoms with van der Waals surface area (Å²) in [4.78, 5) is 12.3. The third kappa shape index (κ3) is 4.35. The van der Waals surface area contributed by atoms with Gasteiger partial charge in [0.25, 0.3) is 5.91 Å². The fourth-order valence-corrected chi connectivity index (χ4v) is 1.53. The third-order valence-electron chi connectivity index (χ3n) is 3.24. The highest BCUT2D eigenvalue weighted by molar-refractivity contribution is 5.98. The minimum atomic E-state index is -0.918. The van der Waals surface area contributed by atoms with E-state index in [1.165, 1.54) is 7.11 Å². The summed E-state index contributed by atoms with van der Waals surface area (Å²) in [5.41, 5.74) is 4.92. The number of hydrogen-bond acceptors (Lipinski definition) is 5. The lowest BCUT2D eigenvalue weighted by Gasteiger charge is -2.25. The average Bonchev–Trinajstić information content (AvgIpc) is 2.52. The number of nitrogens with zero attached hydrogens (tertiary/aromatic N) is 1. The van der Waals surface area contributed by atoms with Crippen molar-refractivity contribution in [1.82, 2.24) is 0 Å². The molecule has 0 aliphatic carbocycles. The fourth-order valence-electron chi connectivity index (χ4n) is 1.53. The lowest BCUT2D eigenvalue weighted by molar-refractivity contribution is -0.136. The number of nitrogens with two attached hydrogens (primary N) is 1. The van der Waals surface area contributed by atoms with E-state index < -0.39 is 5.60 Å². The van der Waals surface area contributed by atoms with Crippen LogP contribution in [0, 0.1) is 0 Å². The Morgan fingerprint density at radius 3 is 2.71 bits per heavy atom. The maximum absolute atomic E-state index is 12.3. The molecule has 0 saturated heterocycles. The number of amidine groups is 1. The van der Waals surface area contributed by atoms with Gasteiger partial charge in [-0.1, -0.05) is 24.2 Å². The van der Waals surface area contributed by atoms with Gasteiger partial charge in [0, 0.05) is 7.11 Å². The molecule has 1 atom stereocenters. The molecule has 0 heterocycles.